The highest BCUT2D eigenvalue weighted by atomic mass is 32.1. The number of nitrogens with one attached hydrogen (secondary N) is 27. The number of carbonyl (C=O) groups is 11. The van der Waals surface area contributed by atoms with Crippen LogP contribution >= 0.6 is 12.6 Å². The highest BCUT2D eigenvalue weighted by Crippen LogP contribution is 2.18. The summed E-state index contributed by atoms with van der Waals surface area (Å²) in [4.78, 5) is 155. The van der Waals surface area contributed by atoms with E-state index < -0.39 is 162 Å². The lowest BCUT2D eigenvalue weighted by atomic mass is 9.93. The molecule has 1 aliphatic carbocycles. The number of rotatable bonds is 55. The fraction of sp³-hybridized carbons (Fsp3) is 0.689. The summed E-state index contributed by atoms with van der Waals surface area (Å²) in [5, 5.41) is 112. The van der Waals surface area contributed by atoms with Gasteiger partial charge in [-0.3, -0.25) is 96.0 Å². The van der Waals surface area contributed by atoms with Crippen LogP contribution in [0.5, 0.6) is 0 Å². The van der Waals surface area contributed by atoms with Crippen molar-refractivity contribution in [2.75, 3.05) is 64.7 Å². The van der Waals surface area contributed by atoms with Gasteiger partial charge in [0.05, 0.1) is 6.54 Å². The Labute approximate surface area is 632 Å². The second kappa shape index (κ2) is 53.4. The maximum Gasteiger partial charge on any atom is 0.243 e. The zero-order valence-corrected chi connectivity index (χ0v) is 62.3. The molecule has 0 spiro atoms. The molecule has 1 fully saturated rings. The van der Waals surface area contributed by atoms with Crippen LogP contribution in [0.2, 0.25) is 0 Å². The van der Waals surface area contributed by atoms with Crippen molar-refractivity contribution in [2.24, 2.45) is 51.8 Å². The first-order chi connectivity index (χ1) is 51.0. The summed E-state index contributed by atoms with van der Waals surface area (Å²) in [6.07, 6.45) is 1.86. The molecule has 108 heavy (non-hydrogen) atoms. The lowest BCUT2D eigenvalue weighted by Gasteiger charge is -2.29. The Kier molecular flexibility index (Phi) is 46.9. The fourth-order valence-corrected chi connectivity index (χ4v) is 10.5. The molecule has 0 bridgehead atoms. The SMILES string of the molecule is CC(C)C(=O)NCC(=O)N[C@H](CCCNC(=N)N)C(=O)N[C@H](CCCNC(=N)N)C(=O)N[C@H](CCCNC(=N)NC1CCC1)C(=O)N[C@H](CCCNC(=N)N)C(=O)N[C@H](CCCNC(=N)N)C(=O)N[C@H](CCCNC(=N)N)C(=O)N[C@H](CCCNC(=N)N)C(=O)N[C@H](CCCNC(=N)N)C(=O)N[C@H](CS)C(N)=O. The van der Waals surface area contributed by atoms with Gasteiger partial charge < -0.3 is 147 Å². The van der Waals surface area contributed by atoms with Crippen LogP contribution < -0.4 is 147 Å². The molecule has 0 aromatic heterocycles. The maximum absolute atomic E-state index is 15.0. The Morgan fingerprint density at radius 2 is 0.528 bits per heavy atom. The fourth-order valence-electron chi connectivity index (χ4n) is 10.2. The van der Waals surface area contributed by atoms with Gasteiger partial charge in [-0.1, -0.05) is 13.8 Å². The summed E-state index contributed by atoms with van der Waals surface area (Å²) >= 11 is 4.09. The third-order valence-electron chi connectivity index (χ3n) is 16.2. The Hall–Kier alpha value is -11.3. The number of thiol groups is 1. The molecule has 0 aromatic carbocycles. The minimum absolute atomic E-state index is 0.00551. The van der Waals surface area contributed by atoms with E-state index in [-0.39, 0.29) is 185 Å². The van der Waals surface area contributed by atoms with Gasteiger partial charge in [-0.05, 0) is 122 Å². The molecule has 0 radical (unpaired) electrons. The molecule has 1 saturated carbocycles. The van der Waals surface area contributed by atoms with E-state index in [1.54, 1.807) is 13.8 Å². The first-order valence-corrected chi connectivity index (χ1v) is 36.2. The number of nitrogens with two attached hydrogens (primary N) is 8. The summed E-state index contributed by atoms with van der Waals surface area (Å²) < 4.78 is 0. The lowest BCUT2D eigenvalue weighted by molar-refractivity contribution is -0.136. The van der Waals surface area contributed by atoms with Crippen molar-refractivity contribution in [3.63, 3.8) is 0 Å². The Balaban J connectivity index is 4.06. The molecule has 0 unspecified atom stereocenters. The smallest absolute Gasteiger partial charge is 0.243 e. The molecule has 1 rings (SSSR count). The van der Waals surface area contributed by atoms with E-state index in [1.807, 2.05) is 0 Å². The molecular weight excluding hydrogens is 1430 g/mol. The van der Waals surface area contributed by atoms with Gasteiger partial charge in [0, 0.05) is 70.1 Å². The van der Waals surface area contributed by atoms with Crippen molar-refractivity contribution in [1.82, 2.24) is 101 Å². The largest absolute Gasteiger partial charge is 0.370 e. The summed E-state index contributed by atoms with van der Waals surface area (Å²) in [5.41, 5.74) is 44.1. The highest BCUT2D eigenvalue weighted by Gasteiger charge is 2.36. The maximum atomic E-state index is 15.0. The van der Waals surface area contributed by atoms with E-state index in [1.165, 1.54) is 0 Å². The Bertz CT molecular complexity index is 3040. The zero-order chi connectivity index (χ0) is 81.3. The van der Waals surface area contributed by atoms with Gasteiger partial charge in [0.25, 0.3) is 0 Å². The molecule has 0 saturated heterocycles. The molecule has 0 aliphatic heterocycles. The van der Waals surface area contributed by atoms with Gasteiger partial charge in [0.1, 0.15) is 54.4 Å². The van der Waals surface area contributed by atoms with E-state index in [0.29, 0.717) is 0 Å². The minimum Gasteiger partial charge on any atom is -0.370 e. The van der Waals surface area contributed by atoms with Gasteiger partial charge in [0.2, 0.25) is 65.0 Å². The van der Waals surface area contributed by atoms with Crippen molar-refractivity contribution in [1.29, 1.82) is 43.3 Å². The molecular formula is C61H119N35O11S. The predicted octanol–water partition coefficient (Wildman–Crippen LogP) is -10.2. The Morgan fingerprint density at radius 3 is 0.713 bits per heavy atom. The summed E-state index contributed by atoms with van der Waals surface area (Å²) in [7, 11) is 0. The summed E-state index contributed by atoms with van der Waals surface area (Å²) in [5.74, 6) is -13.2. The standard InChI is InChI=1S/C61H119N35O11S/c1-32(2)45(99)86-30-43(97)88-34(14-4-22-78-54(63)64)46(100)89-35(15-5-23-79-55(65)66)47(101)94-40(21-11-29-85-61(77)87-33-12-3-13-33)52(106)93-38(18-8-26-82-58(71)72)50(104)91-36(16-6-24-80-56(67)68)48(102)90-37(17-7-25-81-57(69)70)49(103)92-39(19-9-27-83-59(73)74)51(105)95-41(20-10-28-84-60(75)76)53(107)96-42(31-108)44(62)98/h32-42,108H,3-31H2,1-2H3,(H2,62,98)(H,86,99)(H,88,97)(H,89,100)(H,90,102)(H,91,104)(H,92,103)(H,93,106)(H,94,101)(H,95,105)(H,96,107)(H4,63,64,78)(H4,65,66,79)(H4,67,68,80)(H4,69,70,81)(H4,71,72,82)(H4,73,74,83)(H4,75,76,84)(H3,77,85,87)/t34-,35-,36-,37-,38-,39-,40-,41-,42-/m1/s1. The van der Waals surface area contributed by atoms with E-state index in [4.69, 9.17) is 89.1 Å². The molecule has 0 aromatic rings. The monoisotopic (exact) mass is 1550 g/mol. The molecule has 1 aliphatic rings. The van der Waals surface area contributed by atoms with Gasteiger partial charge in [-0.2, -0.15) is 12.6 Å². The third-order valence-corrected chi connectivity index (χ3v) is 16.6. The van der Waals surface area contributed by atoms with Gasteiger partial charge in [-0.15, -0.1) is 0 Å². The molecule has 9 atom stereocenters. The number of amides is 11. The van der Waals surface area contributed by atoms with Crippen LogP contribution in [0.1, 0.15) is 136 Å². The average Bonchev–Trinajstić information content (AvgIpc) is 0.865. The first-order valence-electron chi connectivity index (χ1n) is 35.6. The lowest BCUT2D eigenvalue weighted by Crippen LogP contribution is -2.60. The normalized spacial score (nSPS) is 14.0. The zero-order valence-electron chi connectivity index (χ0n) is 61.4. The van der Waals surface area contributed by atoms with Crippen molar-refractivity contribution >= 4 is 125 Å². The molecule has 0 heterocycles. The van der Waals surface area contributed by atoms with E-state index in [9.17, 15) is 47.9 Å². The predicted molar refractivity (Wildman–Crippen MR) is 408 cm³/mol. The quantitative estimate of drug-likeness (QED) is 0.0116. The second-order valence-corrected chi connectivity index (χ2v) is 26.0. The molecule has 47 heteroatoms. The molecule has 43 N–H and O–H groups in total. The van der Waals surface area contributed by atoms with E-state index in [2.05, 4.69) is 114 Å². The molecule has 610 valence electrons. The number of hydrogen-bond donors (Lipinski definition) is 36. The van der Waals surface area contributed by atoms with E-state index in [0.717, 1.165) is 19.3 Å². The van der Waals surface area contributed by atoms with Crippen molar-refractivity contribution in [3.05, 3.63) is 0 Å². The van der Waals surface area contributed by atoms with Crippen molar-refractivity contribution in [2.45, 2.75) is 196 Å². The van der Waals surface area contributed by atoms with Crippen LogP contribution in [0.15, 0.2) is 0 Å². The number of primary amides is 1. The minimum atomic E-state index is -1.59. The van der Waals surface area contributed by atoms with Crippen LogP contribution in [0.3, 0.4) is 0 Å². The van der Waals surface area contributed by atoms with Crippen LogP contribution in [0.4, 0.5) is 0 Å². The van der Waals surface area contributed by atoms with Crippen molar-refractivity contribution < 1.29 is 52.7 Å². The second-order valence-electron chi connectivity index (χ2n) is 25.7. The molecule has 46 nitrogen and oxygen atoms in total. The first kappa shape index (κ1) is 94.7. The highest BCUT2D eigenvalue weighted by molar-refractivity contribution is 7.80. The number of guanidine groups is 8. The van der Waals surface area contributed by atoms with Crippen LogP contribution in [0.25, 0.3) is 0 Å². The van der Waals surface area contributed by atoms with Crippen LogP contribution in [-0.2, 0) is 52.7 Å². The van der Waals surface area contributed by atoms with Gasteiger partial charge >= 0.3 is 0 Å². The topological polar surface area (TPSA) is 815 Å². The third kappa shape index (κ3) is 43.8. The van der Waals surface area contributed by atoms with Crippen LogP contribution in [-0.4, -0.2) is 238 Å². The Morgan fingerprint density at radius 1 is 0.315 bits per heavy atom. The summed E-state index contributed by atoms with van der Waals surface area (Å²) in [6, 6.07) is -13.2. The van der Waals surface area contributed by atoms with E-state index >= 15 is 4.79 Å². The number of hydrogen-bond acceptors (Lipinski definition) is 20. The number of carbonyl (C=O) groups excluding carboxylic acids is 11. The average molecular weight is 1550 g/mol. The molecule has 11 amide bonds. The van der Waals surface area contributed by atoms with Crippen molar-refractivity contribution in [3.8, 4) is 0 Å². The van der Waals surface area contributed by atoms with Gasteiger partial charge in [0.15, 0.2) is 47.7 Å². The van der Waals surface area contributed by atoms with Gasteiger partial charge in [-0.25, -0.2) is 0 Å². The van der Waals surface area contributed by atoms with Crippen LogP contribution in [0, 0.1) is 49.2 Å². The summed E-state index contributed by atoms with van der Waals surface area (Å²) in [6.45, 7) is 2.93.